The Morgan fingerprint density at radius 3 is 2.43 bits per heavy atom. The Morgan fingerprint density at radius 1 is 1.04 bits per heavy atom. The summed E-state index contributed by atoms with van der Waals surface area (Å²) in [6, 6.07) is 3.91. The van der Waals surface area contributed by atoms with Gasteiger partial charge < -0.3 is 0 Å². The summed E-state index contributed by atoms with van der Waals surface area (Å²) in [5.41, 5.74) is 4.32. The van der Waals surface area contributed by atoms with Crippen LogP contribution in [0, 0.1) is 0 Å². The molecule has 2 heterocycles. The van der Waals surface area contributed by atoms with Crippen LogP contribution in [-0.4, -0.2) is 47.6 Å². The van der Waals surface area contributed by atoms with Gasteiger partial charge in [0.15, 0.2) is 0 Å². The maximum Gasteiger partial charge on any atom is 0.289 e. The molecule has 2 amide bonds. The number of nitrogens with zero attached hydrogens (tertiary/aromatic N) is 3. The van der Waals surface area contributed by atoms with Gasteiger partial charge in [-0.1, -0.05) is 18.0 Å². The van der Waals surface area contributed by atoms with E-state index >= 15 is 0 Å². The third-order valence-electron chi connectivity index (χ3n) is 4.22. The van der Waals surface area contributed by atoms with Crippen molar-refractivity contribution in [2.24, 2.45) is 0 Å². The summed E-state index contributed by atoms with van der Waals surface area (Å²) in [6.45, 7) is 0.890. The second-order valence-electron chi connectivity index (χ2n) is 6.11. The van der Waals surface area contributed by atoms with E-state index in [4.69, 9.17) is 11.6 Å². The molecule has 0 bridgehead atoms. The number of aromatic nitrogens is 2. The zero-order valence-corrected chi connectivity index (χ0v) is 16.3. The second kappa shape index (κ2) is 8.63. The molecule has 1 aromatic carbocycles. The maximum atomic E-state index is 12.8. The van der Waals surface area contributed by atoms with Crippen molar-refractivity contribution in [2.75, 3.05) is 13.1 Å². The van der Waals surface area contributed by atoms with E-state index in [1.807, 2.05) is 0 Å². The smallest absolute Gasteiger partial charge is 0.267 e. The van der Waals surface area contributed by atoms with Crippen LogP contribution >= 0.6 is 11.6 Å². The molecule has 9 nitrogen and oxygen atoms in total. The summed E-state index contributed by atoms with van der Waals surface area (Å²) >= 11 is 6.05. The van der Waals surface area contributed by atoms with E-state index in [0.717, 1.165) is 19.3 Å². The molecule has 28 heavy (non-hydrogen) atoms. The summed E-state index contributed by atoms with van der Waals surface area (Å²) in [5.74, 6) is -1.42. The number of amides is 2. The first-order valence-corrected chi connectivity index (χ1v) is 10.4. The van der Waals surface area contributed by atoms with Crippen molar-refractivity contribution < 1.29 is 18.0 Å². The van der Waals surface area contributed by atoms with Crippen molar-refractivity contribution in [3.63, 3.8) is 0 Å². The fraction of sp³-hybridized carbons (Fsp3) is 0.294. The Bertz CT molecular complexity index is 978. The lowest BCUT2D eigenvalue weighted by atomic mass is 10.2. The number of rotatable bonds is 4. The van der Waals surface area contributed by atoms with Crippen LogP contribution in [0.15, 0.2) is 41.7 Å². The van der Waals surface area contributed by atoms with Crippen LogP contribution in [-0.2, 0) is 10.0 Å². The zero-order chi connectivity index (χ0) is 20.1. The first-order chi connectivity index (χ1) is 13.4. The lowest BCUT2D eigenvalue weighted by Gasteiger charge is -2.26. The second-order valence-corrected chi connectivity index (χ2v) is 8.45. The number of nitrogens with one attached hydrogen (secondary N) is 2. The van der Waals surface area contributed by atoms with Crippen molar-refractivity contribution in [3.8, 4) is 0 Å². The van der Waals surface area contributed by atoms with E-state index in [2.05, 4.69) is 20.8 Å². The number of hydrazine groups is 1. The summed E-state index contributed by atoms with van der Waals surface area (Å²) in [4.78, 5) is 31.9. The van der Waals surface area contributed by atoms with Crippen molar-refractivity contribution in [1.82, 2.24) is 25.1 Å². The highest BCUT2D eigenvalue weighted by molar-refractivity contribution is 7.89. The molecule has 0 unspecified atom stereocenters. The molecule has 1 aliphatic rings. The van der Waals surface area contributed by atoms with Gasteiger partial charge in [0.25, 0.3) is 11.8 Å². The number of piperidine rings is 1. The topological polar surface area (TPSA) is 121 Å². The molecule has 1 aromatic heterocycles. The quantitative estimate of drug-likeness (QED) is 0.716. The van der Waals surface area contributed by atoms with Gasteiger partial charge in [0.2, 0.25) is 10.0 Å². The predicted molar refractivity (Wildman–Crippen MR) is 101 cm³/mol. The Kier molecular flexibility index (Phi) is 6.22. The standard InChI is InChI=1S/C17H18ClN5O4S/c18-14-5-4-12(28(26,27)23-8-2-1-3-9-23)10-13(14)16(24)21-22-17(25)15-11-19-6-7-20-15/h4-7,10-11H,1-3,8-9H2,(H,21,24)(H,22,25). The lowest BCUT2D eigenvalue weighted by molar-refractivity contribution is 0.0843. The third kappa shape index (κ3) is 4.46. The lowest BCUT2D eigenvalue weighted by Crippen LogP contribution is -2.42. The molecular weight excluding hydrogens is 406 g/mol. The highest BCUT2D eigenvalue weighted by Crippen LogP contribution is 2.25. The maximum absolute atomic E-state index is 12.8. The molecule has 1 saturated heterocycles. The molecule has 0 saturated carbocycles. The van der Waals surface area contributed by atoms with E-state index < -0.39 is 21.8 Å². The first-order valence-electron chi connectivity index (χ1n) is 8.56. The Balaban J connectivity index is 1.75. The van der Waals surface area contributed by atoms with E-state index in [1.54, 1.807) is 0 Å². The summed E-state index contributed by atoms with van der Waals surface area (Å²) in [5, 5.41) is 0.0591. The number of hydrogen-bond donors (Lipinski definition) is 2. The number of carbonyl (C=O) groups is 2. The van der Waals surface area contributed by atoms with Gasteiger partial charge in [0.05, 0.1) is 21.7 Å². The van der Waals surface area contributed by atoms with Gasteiger partial charge in [0.1, 0.15) is 5.69 Å². The van der Waals surface area contributed by atoms with Crippen LogP contribution in [0.4, 0.5) is 0 Å². The SMILES string of the molecule is O=C(NNC(=O)c1cc(S(=O)(=O)N2CCCCC2)ccc1Cl)c1cnccn1. The van der Waals surface area contributed by atoms with Gasteiger partial charge in [-0.05, 0) is 31.0 Å². The fourth-order valence-corrected chi connectivity index (χ4v) is 4.50. The number of carbonyl (C=O) groups excluding carboxylic acids is 2. The minimum Gasteiger partial charge on any atom is -0.267 e. The average Bonchev–Trinajstić information content (AvgIpc) is 2.73. The van der Waals surface area contributed by atoms with Crippen molar-refractivity contribution in [3.05, 3.63) is 53.1 Å². The minimum atomic E-state index is -3.72. The predicted octanol–water partition coefficient (Wildman–Crippen LogP) is 1.38. The molecule has 148 valence electrons. The van der Waals surface area contributed by atoms with Crippen molar-refractivity contribution in [1.29, 1.82) is 0 Å². The average molecular weight is 424 g/mol. The highest BCUT2D eigenvalue weighted by atomic mass is 35.5. The minimum absolute atomic E-state index is 0.00956. The third-order valence-corrected chi connectivity index (χ3v) is 6.44. The summed E-state index contributed by atoms with van der Waals surface area (Å²) < 4.78 is 27.0. The Labute approximate surface area is 167 Å². The number of benzene rings is 1. The van der Waals surface area contributed by atoms with E-state index in [9.17, 15) is 18.0 Å². The molecule has 1 fully saturated rings. The molecule has 2 N–H and O–H groups in total. The van der Waals surface area contributed by atoms with Crippen LogP contribution < -0.4 is 10.9 Å². The molecule has 0 atom stereocenters. The molecule has 0 radical (unpaired) electrons. The Hall–Kier alpha value is -2.56. The fourth-order valence-electron chi connectivity index (χ4n) is 2.75. The van der Waals surface area contributed by atoms with E-state index in [-0.39, 0.29) is 21.2 Å². The van der Waals surface area contributed by atoms with E-state index in [1.165, 1.54) is 41.1 Å². The van der Waals surface area contributed by atoms with Gasteiger partial charge in [-0.3, -0.25) is 25.4 Å². The number of sulfonamides is 1. The van der Waals surface area contributed by atoms with E-state index in [0.29, 0.717) is 13.1 Å². The van der Waals surface area contributed by atoms with Crippen molar-refractivity contribution in [2.45, 2.75) is 24.2 Å². The van der Waals surface area contributed by atoms with Gasteiger partial charge in [-0.2, -0.15) is 4.31 Å². The first kappa shape index (κ1) is 20.2. The number of hydrogen-bond acceptors (Lipinski definition) is 6. The van der Waals surface area contributed by atoms with Gasteiger partial charge in [0, 0.05) is 25.5 Å². The Morgan fingerprint density at radius 2 is 1.75 bits per heavy atom. The van der Waals surface area contributed by atoms with Gasteiger partial charge >= 0.3 is 0 Å². The zero-order valence-electron chi connectivity index (χ0n) is 14.8. The van der Waals surface area contributed by atoms with Crippen LogP contribution in [0.25, 0.3) is 0 Å². The normalized spacial score (nSPS) is 15.0. The van der Waals surface area contributed by atoms with Gasteiger partial charge in [-0.15, -0.1) is 0 Å². The van der Waals surface area contributed by atoms with Crippen LogP contribution in [0.3, 0.4) is 0 Å². The van der Waals surface area contributed by atoms with Crippen LogP contribution in [0.5, 0.6) is 0 Å². The summed E-state index contributed by atoms with van der Waals surface area (Å²) in [7, 11) is -3.72. The molecular formula is C17H18ClN5O4S. The number of halogens is 1. The van der Waals surface area contributed by atoms with Crippen LogP contribution in [0.2, 0.25) is 5.02 Å². The molecule has 0 aliphatic carbocycles. The molecule has 0 spiro atoms. The molecule has 3 rings (SSSR count). The monoisotopic (exact) mass is 423 g/mol. The molecule has 11 heteroatoms. The van der Waals surface area contributed by atoms with Crippen LogP contribution in [0.1, 0.15) is 40.1 Å². The molecule has 2 aromatic rings. The largest absolute Gasteiger partial charge is 0.289 e. The highest BCUT2D eigenvalue weighted by Gasteiger charge is 2.27. The van der Waals surface area contributed by atoms with Gasteiger partial charge in [-0.25, -0.2) is 13.4 Å². The summed E-state index contributed by atoms with van der Waals surface area (Å²) in [6.07, 6.45) is 6.57. The molecule has 1 aliphatic heterocycles. The van der Waals surface area contributed by atoms with Crippen molar-refractivity contribution >= 4 is 33.4 Å².